The molecular formula is C19H16ClNO3S. The van der Waals surface area contributed by atoms with Crippen LogP contribution in [0.1, 0.15) is 10.9 Å². The van der Waals surface area contributed by atoms with Gasteiger partial charge in [0.15, 0.2) is 5.92 Å². The summed E-state index contributed by atoms with van der Waals surface area (Å²) in [4.78, 5) is 27.1. The first-order valence-electron chi connectivity index (χ1n) is 8.09. The maximum absolute atomic E-state index is 13.1. The van der Waals surface area contributed by atoms with E-state index in [4.69, 9.17) is 16.3 Å². The highest BCUT2D eigenvalue weighted by Crippen LogP contribution is 2.42. The lowest BCUT2D eigenvalue weighted by molar-refractivity contribution is -0.156. The Labute approximate surface area is 155 Å². The summed E-state index contributed by atoms with van der Waals surface area (Å²) in [6, 6.07) is 7.51. The predicted octanol–water partition coefficient (Wildman–Crippen LogP) is 3.51. The van der Waals surface area contributed by atoms with Crippen LogP contribution in [0.15, 0.2) is 60.2 Å². The summed E-state index contributed by atoms with van der Waals surface area (Å²) in [6.07, 6.45) is 8.74. The number of hydrogen-bond acceptors (Lipinski definition) is 4. The Morgan fingerprint density at radius 1 is 1.28 bits per heavy atom. The van der Waals surface area contributed by atoms with E-state index in [2.05, 4.69) is 0 Å². The molecule has 6 heteroatoms. The third kappa shape index (κ3) is 3.02. The zero-order chi connectivity index (χ0) is 17.4. The van der Waals surface area contributed by atoms with Gasteiger partial charge in [0.1, 0.15) is 11.5 Å². The van der Waals surface area contributed by atoms with Gasteiger partial charge >= 0.3 is 5.97 Å². The van der Waals surface area contributed by atoms with Gasteiger partial charge in [-0.2, -0.15) is 0 Å². The second-order valence-corrected chi connectivity index (χ2v) is 7.62. The summed E-state index contributed by atoms with van der Waals surface area (Å²) in [5, 5.41) is 0.455. The summed E-state index contributed by atoms with van der Waals surface area (Å²) >= 11 is 7.97. The van der Waals surface area contributed by atoms with Crippen LogP contribution in [-0.4, -0.2) is 35.2 Å². The standard InChI is InChI=1S/C19H16ClNO3S/c20-15-7-3-2-6-13(15)18-21(9-10-25-18)17(22)14-11-12-5-1-4-8-16(12)24-19(14)23/h1-8,11,14,16,18H,9-10H2/t14-,16-,18+/m1/s1. The molecule has 25 heavy (non-hydrogen) atoms. The molecule has 1 aromatic rings. The summed E-state index contributed by atoms with van der Waals surface area (Å²) in [6.45, 7) is 0.589. The molecule has 1 amide bonds. The highest BCUT2D eigenvalue weighted by atomic mass is 35.5. The number of halogens is 1. The molecule has 4 nitrogen and oxygen atoms in total. The van der Waals surface area contributed by atoms with E-state index in [9.17, 15) is 9.59 Å². The fourth-order valence-corrected chi connectivity index (χ4v) is 4.84. The molecule has 2 aliphatic heterocycles. The van der Waals surface area contributed by atoms with Gasteiger partial charge in [0, 0.05) is 22.9 Å². The Morgan fingerprint density at radius 2 is 2.12 bits per heavy atom. The maximum Gasteiger partial charge on any atom is 0.323 e. The molecule has 0 unspecified atom stereocenters. The van der Waals surface area contributed by atoms with Crippen LogP contribution in [0.3, 0.4) is 0 Å². The van der Waals surface area contributed by atoms with Crippen molar-refractivity contribution in [2.75, 3.05) is 12.3 Å². The van der Waals surface area contributed by atoms with E-state index in [0.29, 0.717) is 11.6 Å². The Hall–Kier alpha value is -1.98. The number of ether oxygens (including phenoxy) is 1. The third-order valence-electron chi connectivity index (χ3n) is 4.48. The number of thioether (sulfide) groups is 1. The average Bonchev–Trinajstić information content (AvgIpc) is 3.10. The van der Waals surface area contributed by atoms with E-state index in [-0.39, 0.29) is 17.4 Å². The minimum atomic E-state index is -0.897. The molecule has 0 aromatic heterocycles. The number of rotatable bonds is 2. The van der Waals surface area contributed by atoms with Crippen LogP contribution < -0.4 is 0 Å². The Balaban J connectivity index is 1.62. The van der Waals surface area contributed by atoms with Gasteiger partial charge in [-0.3, -0.25) is 9.59 Å². The number of nitrogens with zero attached hydrogens (tertiary/aromatic N) is 1. The van der Waals surface area contributed by atoms with Crippen LogP contribution in [0.2, 0.25) is 5.02 Å². The first-order chi connectivity index (χ1) is 12.1. The van der Waals surface area contributed by atoms with Crippen LogP contribution in [-0.2, 0) is 14.3 Å². The summed E-state index contributed by atoms with van der Waals surface area (Å²) < 4.78 is 5.42. The van der Waals surface area contributed by atoms with E-state index in [1.54, 1.807) is 22.7 Å². The van der Waals surface area contributed by atoms with E-state index >= 15 is 0 Å². The smallest absolute Gasteiger partial charge is 0.323 e. The summed E-state index contributed by atoms with van der Waals surface area (Å²) in [7, 11) is 0. The van der Waals surface area contributed by atoms with Crippen molar-refractivity contribution in [3.05, 3.63) is 70.8 Å². The molecule has 0 bridgehead atoms. The molecule has 1 aromatic carbocycles. The van der Waals surface area contributed by atoms with Crippen LogP contribution >= 0.6 is 23.4 Å². The van der Waals surface area contributed by atoms with Gasteiger partial charge in [-0.25, -0.2) is 0 Å². The zero-order valence-electron chi connectivity index (χ0n) is 13.3. The topological polar surface area (TPSA) is 46.6 Å². The van der Waals surface area contributed by atoms with Crippen LogP contribution in [0.25, 0.3) is 0 Å². The quantitative estimate of drug-likeness (QED) is 0.588. The maximum atomic E-state index is 13.1. The molecule has 2 heterocycles. The number of benzene rings is 1. The van der Waals surface area contributed by atoms with Gasteiger partial charge < -0.3 is 9.64 Å². The minimum absolute atomic E-state index is 0.174. The lowest BCUT2D eigenvalue weighted by Crippen LogP contribution is -2.42. The van der Waals surface area contributed by atoms with Gasteiger partial charge in [0.2, 0.25) is 5.91 Å². The Kier molecular flexibility index (Phi) is 4.44. The normalized spacial score (nSPS) is 27.7. The second kappa shape index (κ2) is 6.73. The molecule has 0 radical (unpaired) electrons. The zero-order valence-corrected chi connectivity index (χ0v) is 14.9. The number of amides is 1. The molecule has 4 rings (SSSR count). The van der Waals surface area contributed by atoms with E-state index in [1.165, 1.54) is 0 Å². The number of allylic oxidation sites excluding steroid dienone is 2. The first kappa shape index (κ1) is 16.5. The summed E-state index contributed by atoms with van der Waals surface area (Å²) in [5.74, 6) is -0.806. The highest BCUT2D eigenvalue weighted by Gasteiger charge is 2.41. The molecule has 128 valence electrons. The number of fused-ring (bicyclic) bond motifs is 1. The second-order valence-electron chi connectivity index (χ2n) is 6.02. The molecule has 0 spiro atoms. The Morgan fingerprint density at radius 3 is 2.96 bits per heavy atom. The number of esters is 1. The number of hydrogen-bond donors (Lipinski definition) is 0. The molecule has 3 atom stereocenters. The SMILES string of the molecule is O=C1O[C@@H]2C=CC=CC2=C[C@@H]1C(=O)N1CCS[C@H]1c1ccccc1Cl. The highest BCUT2D eigenvalue weighted by molar-refractivity contribution is 7.99. The molecule has 0 N–H and O–H groups in total. The van der Waals surface area contributed by atoms with Crippen molar-refractivity contribution < 1.29 is 14.3 Å². The van der Waals surface area contributed by atoms with Gasteiger partial charge in [-0.1, -0.05) is 54.1 Å². The van der Waals surface area contributed by atoms with E-state index in [1.807, 2.05) is 48.6 Å². The molecule has 0 saturated carbocycles. The largest absolute Gasteiger partial charge is 0.452 e. The van der Waals surface area contributed by atoms with E-state index in [0.717, 1.165) is 16.9 Å². The van der Waals surface area contributed by atoms with Gasteiger partial charge in [0.25, 0.3) is 0 Å². The first-order valence-corrected chi connectivity index (χ1v) is 9.51. The van der Waals surface area contributed by atoms with Crippen molar-refractivity contribution in [1.29, 1.82) is 0 Å². The van der Waals surface area contributed by atoms with Crippen LogP contribution in [0.5, 0.6) is 0 Å². The van der Waals surface area contributed by atoms with Gasteiger partial charge in [-0.15, -0.1) is 11.8 Å². The number of carbonyl (C=O) groups is 2. The van der Waals surface area contributed by atoms with Crippen molar-refractivity contribution in [3.63, 3.8) is 0 Å². The Bertz CT molecular complexity index is 817. The lowest BCUT2D eigenvalue weighted by atomic mass is 9.94. The average molecular weight is 374 g/mol. The monoisotopic (exact) mass is 373 g/mol. The van der Waals surface area contributed by atoms with Crippen molar-refractivity contribution in [3.8, 4) is 0 Å². The van der Waals surface area contributed by atoms with Gasteiger partial charge in [0.05, 0.1) is 0 Å². The molecule has 1 aliphatic carbocycles. The van der Waals surface area contributed by atoms with Crippen molar-refractivity contribution in [2.24, 2.45) is 5.92 Å². The predicted molar refractivity (Wildman–Crippen MR) is 98.1 cm³/mol. The molecule has 1 fully saturated rings. The fraction of sp³-hybridized carbons (Fsp3) is 0.263. The fourth-order valence-electron chi connectivity index (χ4n) is 3.23. The van der Waals surface area contributed by atoms with Crippen molar-refractivity contribution in [2.45, 2.75) is 11.5 Å². The lowest BCUT2D eigenvalue weighted by Gasteiger charge is -2.31. The minimum Gasteiger partial charge on any atom is -0.452 e. The van der Waals surface area contributed by atoms with E-state index < -0.39 is 11.9 Å². The third-order valence-corrected chi connectivity index (χ3v) is 6.07. The van der Waals surface area contributed by atoms with Crippen LogP contribution in [0, 0.1) is 5.92 Å². The molecular weight excluding hydrogens is 358 g/mol. The number of carbonyl (C=O) groups excluding carboxylic acids is 2. The summed E-state index contributed by atoms with van der Waals surface area (Å²) in [5.41, 5.74) is 1.75. The van der Waals surface area contributed by atoms with Crippen LogP contribution in [0.4, 0.5) is 0 Å². The molecule has 3 aliphatic rings. The van der Waals surface area contributed by atoms with Crippen molar-refractivity contribution in [1.82, 2.24) is 4.90 Å². The van der Waals surface area contributed by atoms with Gasteiger partial charge in [-0.05, 0) is 17.7 Å². The van der Waals surface area contributed by atoms with Crippen molar-refractivity contribution >= 4 is 35.2 Å². The molecule has 1 saturated heterocycles.